The number of nitrogens with zero attached hydrogens (tertiary/aromatic N) is 1. The lowest BCUT2D eigenvalue weighted by Crippen LogP contribution is -2.93. The number of furan rings is 2. The first-order valence-electron chi connectivity index (χ1n) is 17.3. The zero-order chi connectivity index (χ0) is 33.5. The van der Waals surface area contributed by atoms with Gasteiger partial charge in [-0.3, -0.25) is 5.32 Å². The molecule has 5 nitrogen and oxygen atoms in total. The number of benzene rings is 7. The Balaban J connectivity index is 1.02. The fraction of sp³-hybridized carbons (Fsp3) is 0.0444. The summed E-state index contributed by atoms with van der Waals surface area (Å²) in [5.74, 6) is 0.969. The Hall–Kier alpha value is -6.05. The molecule has 0 aliphatic carbocycles. The predicted molar refractivity (Wildman–Crippen MR) is 209 cm³/mol. The monoisotopic (exact) mass is 676 g/mol. The zero-order valence-electron chi connectivity index (χ0n) is 27.3. The molecule has 2 unspecified atom stereocenters. The van der Waals surface area contributed by atoms with Crippen LogP contribution in [0.1, 0.15) is 29.0 Å². The molecule has 0 saturated carbocycles. The number of hydrogen-bond acceptors (Lipinski definition) is 5. The number of aliphatic imine (C=N–C) groups is 1. The summed E-state index contributed by atoms with van der Waals surface area (Å²) in [6.45, 7) is 0. The molecule has 4 heterocycles. The topological polar surface area (TPSA) is 67.3 Å². The Kier molecular flexibility index (Phi) is 6.33. The van der Waals surface area contributed by atoms with Gasteiger partial charge in [0.25, 0.3) is 0 Å². The highest BCUT2D eigenvalue weighted by Gasteiger charge is 2.30. The lowest BCUT2D eigenvalue weighted by molar-refractivity contribution is -0.600. The van der Waals surface area contributed by atoms with Gasteiger partial charge in [0.2, 0.25) is 5.84 Å². The molecule has 0 bridgehead atoms. The predicted octanol–water partition coefficient (Wildman–Crippen LogP) is 10.8. The van der Waals surface area contributed by atoms with Crippen molar-refractivity contribution in [2.24, 2.45) is 4.99 Å². The van der Waals surface area contributed by atoms with Gasteiger partial charge in [-0.1, -0.05) is 97.1 Å². The third kappa shape index (κ3) is 4.65. The van der Waals surface area contributed by atoms with E-state index in [1.807, 2.05) is 35.6 Å². The highest BCUT2D eigenvalue weighted by Crippen LogP contribution is 2.41. The van der Waals surface area contributed by atoms with Crippen molar-refractivity contribution in [1.82, 2.24) is 5.32 Å². The molecule has 0 fully saturated rings. The third-order valence-electron chi connectivity index (χ3n) is 10.3. The minimum absolute atomic E-state index is 0.0497. The number of quaternary nitrogens is 1. The average Bonchev–Trinajstić information content (AvgIpc) is 3.88. The van der Waals surface area contributed by atoms with Gasteiger partial charge in [-0.05, 0) is 65.7 Å². The van der Waals surface area contributed by atoms with E-state index in [1.54, 1.807) is 0 Å². The summed E-state index contributed by atoms with van der Waals surface area (Å²) < 4.78 is 15.1. The van der Waals surface area contributed by atoms with E-state index in [0.29, 0.717) is 0 Å². The molecule has 2 atom stereocenters. The van der Waals surface area contributed by atoms with Crippen molar-refractivity contribution in [1.29, 1.82) is 0 Å². The van der Waals surface area contributed by atoms with Crippen molar-refractivity contribution in [3.63, 3.8) is 0 Å². The van der Waals surface area contributed by atoms with Crippen LogP contribution in [0.25, 0.3) is 75.2 Å². The number of nitrogens with two attached hydrogens (primary N) is 1. The Morgan fingerprint density at radius 2 is 1.18 bits per heavy atom. The lowest BCUT2D eigenvalue weighted by atomic mass is 9.99. The Morgan fingerprint density at radius 3 is 2.04 bits per heavy atom. The van der Waals surface area contributed by atoms with Crippen LogP contribution in [-0.4, -0.2) is 5.84 Å². The molecule has 0 radical (unpaired) electrons. The van der Waals surface area contributed by atoms with Gasteiger partial charge in [-0.2, -0.15) is 0 Å². The maximum absolute atomic E-state index is 6.42. The van der Waals surface area contributed by atoms with Gasteiger partial charge >= 0.3 is 0 Å². The summed E-state index contributed by atoms with van der Waals surface area (Å²) in [4.78, 5) is 5.27. The molecule has 3 aromatic heterocycles. The SMILES string of the molecule is c1ccc(C2N=C(c3ccc4oc5ccccc5c4c3)[NH2+]C(c3ccc4sc5ccc(-c6cccc7c6oc6ccccc67)cc5c4c3)N2)cc1. The molecule has 242 valence electrons. The largest absolute Gasteiger partial charge is 0.456 e. The van der Waals surface area contributed by atoms with Gasteiger partial charge in [0, 0.05) is 52.8 Å². The van der Waals surface area contributed by atoms with Crippen LogP contribution in [0.15, 0.2) is 165 Å². The van der Waals surface area contributed by atoms with Crippen molar-refractivity contribution < 1.29 is 14.2 Å². The number of hydrogen-bond donors (Lipinski definition) is 2. The van der Waals surface area contributed by atoms with Gasteiger partial charge < -0.3 is 8.83 Å². The molecule has 1 aliphatic heterocycles. The zero-order valence-corrected chi connectivity index (χ0v) is 28.2. The molecular formula is C45H30N3O2S+. The second-order valence-electron chi connectivity index (χ2n) is 13.3. The van der Waals surface area contributed by atoms with Crippen molar-refractivity contribution in [2.75, 3.05) is 0 Å². The molecule has 10 aromatic rings. The fourth-order valence-corrected chi connectivity index (χ4v) is 8.85. The first kappa shape index (κ1) is 28.8. The van der Waals surface area contributed by atoms with E-state index in [0.717, 1.165) is 72.0 Å². The van der Waals surface area contributed by atoms with Crippen molar-refractivity contribution >= 4 is 81.2 Å². The summed E-state index contributed by atoms with van der Waals surface area (Å²) in [6, 6.07) is 53.6. The highest BCUT2D eigenvalue weighted by molar-refractivity contribution is 7.25. The van der Waals surface area contributed by atoms with Crippen LogP contribution in [-0.2, 0) is 0 Å². The average molecular weight is 677 g/mol. The first-order chi connectivity index (χ1) is 25.2. The second kappa shape index (κ2) is 11.2. The highest BCUT2D eigenvalue weighted by atomic mass is 32.1. The summed E-state index contributed by atoms with van der Waals surface area (Å²) in [6.07, 6.45) is -0.245. The molecule has 7 aromatic carbocycles. The number of nitrogens with one attached hydrogen (secondary N) is 1. The van der Waals surface area contributed by atoms with Crippen LogP contribution in [0.3, 0.4) is 0 Å². The van der Waals surface area contributed by atoms with E-state index >= 15 is 0 Å². The lowest BCUT2D eigenvalue weighted by Gasteiger charge is -2.28. The smallest absolute Gasteiger partial charge is 0.230 e. The number of rotatable bonds is 4. The van der Waals surface area contributed by atoms with Gasteiger partial charge in [-0.25, -0.2) is 10.3 Å². The molecule has 51 heavy (non-hydrogen) atoms. The van der Waals surface area contributed by atoms with Crippen LogP contribution in [0.4, 0.5) is 0 Å². The molecule has 3 N–H and O–H groups in total. The standard InChI is InChI=1S/C45H29N3O2S/c1-2-9-26(10-3-1)43-46-44(28-17-20-39-34(24-28)32-12-5-6-15-37(32)49-39)48-45(47-43)29-19-22-41-36(25-29)35-23-27(18-21-40(35)51-41)30-13-8-14-33-31-11-4-7-16-38(31)50-42(30)33/h1-25,43,45,47H,(H,46,48)/p+1. The maximum Gasteiger partial charge on any atom is 0.230 e. The summed E-state index contributed by atoms with van der Waals surface area (Å²) >= 11 is 1.84. The maximum atomic E-state index is 6.42. The summed E-state index contributed by atoms with van der Waals surface area (Å²) in [7, 11) is 0. The summed E-state index contributed by atoms with van der Waals surface area (Å²) in [5.41, 5.74) is 9.30. The molecule has 0 spiro atoms. The number of amidine groups is 1. The minimum Gasteiger partial charge on any atom is -0.456 e. The van der Waals surface area contributed by atoms with Crippen LogP contribution in [0, 0.1) is 0 Å². The Bertz CT molecular complexity index is 3010. The minimum atomic E-state index is -0.196. The van der Waals surface area contributed by atoms with Gasteiger partial charge in [0.05, 0.1) is 5.56 Å². The van der Waals surface area contributed by atoms with Crippen molar-refractivity contribution in [3.8, 4) is 11.1 Å². The second-order valence-corrected chi connectivity index (χ2v) is 14.4. The van der Waals surface area contributed by atoms with Crippen LogP contribution < -0.4 is 10.6 Å². The Labute approximate surface area is 296 Å². The molecule has 0 amide bonds. The Morgan fingerprint density at radius 1 is 0.510 bits per heavy atom. The van der Waals surface area contributed by atoms with E-state index in [4.69, 9.17) is 13.8 Å². The normalized spacial score (nSPS) is 16.6. The molecule has 11 rings (SSSR count). The number of thiophene rings is 1. The summed E-state index contributed by atoms with van der Waals surface area (Å²) in [5, 5.41) is 13.1. The van der Waals surface area contributed by atoms with Crippen LogP contribution >= 0.6 is 11.3 Å². The third-order valence-corrected chi connectivity index (χ3v) is 11.4. The van der Waals surface area contributed by atoms with Crippen molar-refractivity contribution in [3.05, 3.63) is 168 Å². The number of fused-ring (bicyclic) bond motifs is 9. The van der Waals surface area contributed by atoms with E-state index in [9.17, 15) is 0 Å². The van der Waals surface area contributed by atoms with Crippen LogP contribution in [0.5, 0.6) is 0 Å². The van der Waals surface area contributed by atoms with Gasteiger partial charge in [0.15, 0.2) is 6.17 Å². The first-order valence-corrected chi connectivity index (χ1v) is 18.1. The quantitative estimate of drug-likeness (QED) is 0.195. The fourth-order valence-electron chi connectivity index (χ4n) is 7.78. The number of para-hydroxylation sites is 3. The van der Waals surface area contributed by atoms with Gasteiger partial charge in [-0.15, -0.1) is 11.3 Å². The van der Waals surface area contributed by atoms with E-state index in [1.165, 1.54) is 25.7 Å². The van der Waals surface area contributed by atoms with Gasteiger partial charge in [0.1, 0.15) is 28.5 Å². The van der Waals surface area contributed by atoms with E-state index in [-0.39, 0.29) is 12.3 Å². The van der Waals surface area contributed by atoms with E-state index in [2.05, 4.69) is 138 Å². The van der Waals surface area contributed by atoms with Crippen molar-refractivity contribution in [2.45, 2.75) is 12.3 Å². The molecular weight excluding hydrogens is 647 g/mol. The van der Waals surface area contributed by atoms with Crippen LogP contribution in [0.2, 0.25) is 0 Å². The molecule has 1 aliphatic rings. The molecule has 6 heteroatoms. The molecule has 0 saturated heterocycles. The van der Waals surface area contributed by atoms with E-state index < -0.39 is 0 Å².